The summed E-state index contributed by atoms with van der Waals surface area (Å²) in [5, 5.41) is 5.43. The van der Waals surface area contributed by atoms with Crippen molar-refractivity contribution in [3.05, 3.63) is 59.7 Å². The van der Waals surface area contributed by atoms with Gasteiger partial charge in [0.25, 0.3) is 16.0 Å². The average molecular weight is 372 g/mol. The molecule has 0 aromatic heterocycles. The smallest absolute Gasteiger partial charge is 0.294 e. The number of benzene rings is 2. The third-order valence-electron chi connectivity index (χ3n) is 3.87. The van der Waals surface area contributed by atoms with E-state index in [0.29, 0.717) is 17.0 Å². The molecular formula is C18H16N2O5S. The Morgan fingerprint density at radius 3 is 2.23 bits per heavy atom. The van der Waals surface area contributed by atoms with E-state index in [4.69, 9.17) is 9.29 Å². The predicted molar refractivity (Wildman–Crippen MR) is 97.8 cm³/mol. The molecule has 0 saturated carbocycles. The van der Waals surface area contributed by atoms with Gasteiger partial charge in [-0.05, 0) is 55.0 Å². The van der Waals surface area contributed by atoms with Crippen molar-refractivity contribution in [1.29, 1.82) is 0 Å². The molecule has 0 saturated heterocycles. The van der Waals surface area contributed by atoms with Crippen molar-refractivity contribution < 1.29 is 22.5 Å². The van der Waals surface area contributed by atoms with E-state index in [2.05, 4.69) is 5.10 Å². The van der Waals surface area contributed by atoms with Crippen LogP contribution in [0.1, 0.15) is 12.5 Å². The number of amides is 1. The largest absolute Gasteiger partial charge is 0.497 e. The topological polar surface area (TPSA) is 96.3 Å². The molecule has 134 valence electrons. The quantitative estimate of drug-likeness (QED) is 0.658. The highest BCUT2D eigenvalue weighted by Gasteiger charge is 2.28. The van der Waals surface area contributed by atoms with Gasteiger partial charge in [0.2, 0.25) is 0 Å². The van der Waals surface area contributed by atoms with Gasteiger partial charge in [-0.1, -0.05) is 12.1 Å². The molecular weight excluding hydrogens is 356 g/mol. The number of methoxy groups -OCH3 is 1. The number of rotatable bonds is 4. The van der Waals surface area contributed by atoms with E-state index >= 15 is 0 Å². The number of carbonyl (C=O) groups is 1. The number of ether oxygens (including phenoxy) is 1. The van der Waals surface area contributed by atoms with E-state index in [1.165, 1.54) is 29.3 Å². The molecule has 2 aromatic rings. The molecule has 1 heterocycles. The molecule has 0 spiro atoms. The average Bonchev–Trinajstić information content (AvgIpc) is 2.90. The van der Waals surface area contributed by atoms with Gasteiger partial charge in [0.05, 0.1) is 29.0 Å². The van der Waals surface area contributed by atoms with Gasteiger partial charge in [0, 0.05) is 0 Å². The van der Waals surface area contributed by atoms with Crippen LogP contribution in [0, 0.1) is 0 Å². The second-order valence-corrected chi connectivity index (χ2v) is 7.02. The van der Waals surface area contributed by atoms with Crippen LogP contribution in [0.25, 0.3) is 6.08 Å². The highest BCUT2D eigenvalue weighted by atomic mass is 32.2. The maximum Gasteiger partial charge on any atom is 0.294 e. The molecule has 26 heavy (non-hydrogen) atoms. The van der Waals surface area contributed by atoms with Gasteiger partial charge in [-0.2, -0.15) is 18.5 Å². The normalized spacial score (nSPS) is 16.1. The van der Waals surface area contributed by atoms with Gasteiger partial charge in [-0.15, -0.1) is 0 Å². The number of anilines is 1. The molecule has 3 rings (SSSR count). The van der Waals surface area contributed by atoms with Crippen LogP contribution in [0.4, 0.5) is 5.69 Å². The lowest BCUT2D eigenvalue weighted by Gasteiger charge is -2.12. The predicted octanol–water partition coefficient (Wildman–Crippen LogP) is 2.75. The molecule has 2 aromatic carbocycles. The number of carbonyl (C=O) groups excluding carboxylic acids is 1. The van der Waals surface area contributed by atoms with Gasteiger partial charge in [0.1, 0.15) is 5.75 Å². The molecule has 0 aliphatic carbocycles. The van der Waals surface area contributed by atoms with Crippen molar-refractivity contribution in [1.82, 2.24) is 0 Å². The number of nitrogens with zero attached hydrogens (tertiary/aromatic N) is 2. The SMILES string of the molecule is COc1ccc(/C=C2/C(=O)N(c3ccc(S(=O)(=O)O)cc3)N=C2C)cc1. The van der Waals surface area contributed by atoms with E-state index < -0.39 is 10.1 Å². The third-order valence-corrected chi connectivity index (χ3v) is 4.74. The van der Waals surface area contributed by atoms with E-state index in [0.717, 1.165) is 11.3 Å². The molecule has 0 fully saturated rings. The maximum absolute atomic E-state index is 12.7. The number of hydrogen-bond donors (Lipinski definition) is 1. The Morgan fingerprint density at radius 2 is 1.69 bits per heavy atom. The van der Waals surface area contributed by atoms with Crippen LogP contribution in [0.2, 0.25) is 0 Å². The Labute approximate surface area is 151 Å². The fourth-order valence-electron chi connectivity index (χ4n) is 2.49. The van der Waals surface area contributed by atoms with E-state index in [-0.39, 0.29) is 10.8 Å². The molecule has 0 bridgehead atoms. The minimum absolute atomic E-state index is 0.248. The summed E-state index contributed by atoms with van der Waals surface area (Å²) in [7, 11) is -2.71. The fourth-order valence-corrected chi connectivity index (χ4v) is 2.97. The van der Waals surface area contributed by atoms with Crippen molar-refractivity contribution in [3.63, 3.8) is 0 Å². The molecule has 0 unspecified atom stereocenters. The van der Waals surface area contributed by atoms with Crippen LogP contribution < -0.4 is 9.75 Å². The molecule has 1 N–H and O–H groups in total. The van der Waals surface area contributed by atoms with Gasteiger partial charge in [-0.3, -0.25) is 9.35 Å². The Kier molecular flexibility index (Phi) is 4.62. The lowest BCUT2D eigenvalue weighted by atomic mass is 10.1. The minimum atomic E-state index is -4.29. The highest BCUT2D eigenvalue weighted by molar-refractivity contribution is 7.85. The summed E-state index contributed by atoms with van der Waals surface area (Å²) in [4.78, 5) is 12.4. The molecule has 7 nitrogen and oxygen atoms in total. The summed E-state index contributed by atoms with van der Waals surface area (Å²) in [6.45, 7) is 1.72. The zero-order valence-corrected chi connectivity index (χ0v) is 14.9. The zero-order valence-electron chi connectivity index (χ0n) is 14.1. The van der Waals surface area contributed by atoms with Crippen molar-refractivity contribution in [2.24, 2.45) is 5.10 Å². The monoisotopic (exact) mass is 372 g/mol. The first-order valence-corrected chi connectivity index (χ1v) is 9.07. The van der Waals surface area contributed by atoms with Crippen molar-refractivity contribution in [2.45, 2.75) is 11.8 Å². The summed E-state index contributed by atoms with van der Waals surface area (Å²) < 4.78 is 36.4. The third kappa shape index (κ3) is 3.51. The fraction of sp³-hybridized carbons (Fsp3) is 0.111. The molecule has 8 heteroatoms. The summed E-state index contributed by atoms with van der Waals surface area (Å²) in [6, 6.07) is 12.5. The highest BCUT2D eigenvalue weighted by Crippen LogP contribution is 2.26. The lowest BCUT2D eigenvalue weighted by molar-refractivity contribution is -0.114. The molecule has 1 aliphatic rings. The van der Waals surface area contributed by atoms with Crippen molar-refractivity contribution in [3.8, 4) is 5.75 Å². The number of hydrogen-bond acceptors (Lipinski definition) is 5. The lowest BCUT2D eigenvalue weighted by Crippen LogP contribution is -2.21. The Bertz CT molecular complexity index is 1010. The van der Waals surface area contributed by atoms with Crippen LogP contribution in [0.5, 0.6) is 5.75 Å². The Hall–Kier alpha value is -2.97. The van der Waals surface area contributed by atoms with Crippen LogP contribution in [0.15, 0.2) is 64.1 Å². The summed E-state index contributed by atoms with van der Waals surface area (Å²) in [5.74, 6) is 0.397. The Morgan fingerprint density at radius 1 is 1.08 bits per heavy atom. The Balaban J connectivity index is 1.88. The molecule has 0 atom stereocenters. The van der Waals surface area contributed by atoms with E-state index in [1.54, 1.807) is 32.2 Å². The van der Waals surface area contributed by atoms with Crippen LogP contribution in [0.3, 0.4) is 0 Å². The van der Waals surface area contributed by atoms with Crippen molar-refractivity contribution >= 4 is 33.5 Å². The van der Waals surface area contributed by atoms with Gasteiger partial charge in [0.15, 0.2) is 0 Å². The second kappa shape index (κ2) is 6.74. The first-order valence-electron chi connectivity index (χ1n) is 7.63. The molecule has 1 amide bonds. The van der Waals surface area contributed by atoms with E-state index in [9.17, 15) is 13.2 Å². The van der Waals surface area contributed by atoms with Crippen LogP contribution >= 0.6 is 0 Å². The summed E-state index contributed by atoms with van der Waals surface area (Å²) in [5.41, 5.74) is 2.21. The molecule has 0 radical (unpaired) electrons. The standard InChI is InChI=1S/C18H16N2O5S/c1-12-17(11-13-3-7-15(25-2)8-4-13)18(21)20(19-12)14-5-9-16(10-6-14)26(22,23)24/h3-11H,1-2H3,(H,22,23,24)/b17-11+. The first kappa shape index (κ1) is 17.8. The molecule has 1 aliphatic heterocycles. The van der Waals surface area contributed by atoms with Gasteiger partial charge >= 0.3 is 0 Å². The summed E-state index contributed by atoms with van der Waals surface area (Å²) >= 11 is 0. The van der Waals surface area contributed by atoms with Gasteiger partial charge in [-0.25, -0.2) is 0 Å². The minimum Gasteiger partial charge on any atom is -0.497 e. The van der Waals surface area contributed by atoms with Crippen LogP contribution in [-0.2, 0) is 14.9 Å². The first-order chi connectivity index (χ1) is 12.3. The van der Waals surface area contributed by atoms with Crippen LogP contribution in [-0.4, -0.2) is 31.7 Å². The zero-order chi connectivity index (χ0) is 18.9. The van der Waals surface area contributed by atoms with E-state index in [1.807, 2.05) is 12.1 Å². The van der Waals surface area contributed by atoms with Crippen molar-refractivity contribution in [2.75, 3.05) is 12.1 Å². The van der Waals surface area contributed by atoms with Gasteiger partial charge < -0.3 is 4.74 Å². The second-order valence-electron chi connectivity index (χ2n) is 5.60. The maximum atomic E-state index is 12.7. The number of hydrazone groups is 1. The summed E-state index contributed by atoms with van der Waals surface area (Å²) in [6.07, 6.45) is 1.73.